The Labute approximate surface area is 102 Å². The van der Waals surface area contributed by atoms with E-state index in [-0.39, 0.29) is 5.91 Å². The van der Waals surface area contributed by atoms with Gasteiger partial charge in [-0.15, -0.1) is 0 Å². The molecule has 0 aliphatic carbocycles. The first kappa shape index (κ1) is 11.4. The summed E-state index contributed by atoms with van der Waals surface area (Å²) in [5.74, 6) is 0.264. The minimum Gasteiger partial charge on any atom is -0.271 e. The van der Waals surface area contributed by atoms with Crippen molar-refractivity contribution in [1.82, 2.24) is 5.06 Å². The minimum absolute atomic E-state index is 0.0970. The third kappa shape index (κ3) is 2.37. The molecule has 0 spiro atoms. The van der Waals surface area contributed by atoms with Gasteiger partial charge in [-0.25, -0.2) is 4.99 Å². The molecule has 1 aliphatic rings. The summed E-state index contributed by atoms with van der Waals surface area (Å²) in [7, 11) is 1.45. The predicted molar refractivity (Wildman–Crippen MR) is 64.9 cm³/mol. The maximum atomic E-state index is 11.3. The van der Waals surface area contributed by atoms with Gasteiger partial charge in [0.25, 0.3) is 5.91 Å². The molecule has 0 saturated carbocycles. The predicted octanol–water partition coefficient (Wildman–Crippen LogP) is 2.46. The molecule has 0 radical (unpaired) electrons. The lowest BCUT2D eigenvalue weighted by atomic mass is 10.3. The Bertz CT molecular complexity index is 433. The highest BCUT2D eigenvalue weighted by Gasteiger charge is 2.28. The second kappa shape index (κ2) is 4.86. The molecule has 0 aromatic heterocycles. The van der Waals surface area contributed by atoms with Crippen molar-refractivity contribution < 1.29 is 9.63 Å². The maximum absolute atomic E-state index is 11.3. The van der Waals surface area contributed by atoms with Gasteiger partial charge in [0.1, 0.15) is 0 Å². The average molecular weight is 257 g/mol. The van der Waals surface area contributed by atoms with Gasteiger partial charge in [0.05, 0.1) is 18.6 Å². The number of hydrogen-bond acceptors (Lipinski definition) is 4. The Balaban J connectivity index is 2.24. The van der Waals surface area contributed by atoms with E-state index in [1.807, 2.05) is 0 Å². The van der Waals surface area contributed by atoms with Crippen LogP contribution in [0.2, 0.25) is 5.02 Å². The van der Waals surface area contributed by atoms with Gasteiger partial charge in [-0.05, 0) is 24.3 Å². The molecular formula is C10H9ClN2O2S. The van der Waals surface area contributed by atoms with E-state index in [0.29, 0.717) is 15.9 Å². The number of carbonyl (C=O) groups is 1. The van der Waals surface area contributed by atoms with Crippen molar-refractivity contribution in [1.29, 1.82) is 0 Å². The molecule has 0 unspecified atom stereocenters. The topological polar surface area (TPSA) is 41.9 Å². The Morgan fingerprint density at radius 3 is 2.75 bits per heavy atom. The zero-order valence-electron chi connectivity index (χ0n) is 8.51. The summed E-state index contributed by atoms with van der Waals surface area (Å²) < 4.78 is 0. The molecule has 1 aromatic rings. The highest BCUT2D eigenvalue weighted by atomic mass is 35.5. The van der Waals surface area contributed by atoms with E-state index < -0.39 is 0 Å². The SMILES string of the molecule is CON1C(=O)CSC1=Nc1ccc(Cl)cc1. The lowest BCUT2D eigenvalue weighted by Gasteiger charge is -2.11. The summed E-state index contributed by atoms with van der Waals surface area (Å²) in [6.07, 6.45) is 0. The number of carbonyl (C=O) groups excluding carboxylic acids is 1. The molecule has 1 heterocycles. The molecule has 0 atom stereocenters. The molecule has 1 fully saturated rings. The van der Waals surface area contributed by atoms with Crippen molar-refractivity contribution in [2.24, 2.45) is 4.99 Å². The first-order valence-electron chi connectivity index (χ1n) is 4.55. The van der Waals surface area contributed by atoms with Gasteiger partial charge in [-0.3, -0.25) is 9.63 Å². The number of nitrogens with zero attached hydrogens (tertiary/aromatic N) is 2. The number of aliphatic imine (C=N–C) groups is 1. The molecular weight excluding hydrogens is 248 g/mol. The highest BCUT2D eigenvalue weighted by Crippen LogP contribution is 2.24. The van der Waals surface area contributed by atoms with E-state index in [1.165, 1.54) is 23.9 Å². The number of thioether (sulfide) groups is 1. The molecule has 0 bridgehead atoms. The highest BCUT2D eigenvalue weighted by molar-refractivity contribution is 8.15. The van der Waals surface area contributed by atoms with Crippen LogP contribution >= 0.6 is 23.4 Å². The molecule has 84 valence electrons. The van der Waals surface area contributed by atoms with Gasteiger partial charge in [-0.1, -0.05) is 23.4 Å². The van der Waals surface area contributed by atoms with Crippen molar-refractivity contribution >= 4 is 40.1 Å². The van der Waals surface area contributed by atoms with E-state index in [4.69, 9.17) is 16.4 Å². The Morgan fingerprint density at radius 1 is 1.44 bits per heavy atom. The number of halogens is 1. The fourth-order valence-electron chi connectivity index (χ4n) is 1.23. The molecule has 6 heteroatoms. The van der Waals surface area contributed by atoms with E-state index in [0.717, 1.165) is 5.69 Å². The Hall–Kier alpha value is -1.04. The molecule has 2 rings (SSSR count). The normalized spacial score (nSPS) is 18.5. The van der Waals surface area contributed by atoms with Crippen LogP contribution in [0.4, 0.5) is 5.69 Å². The van der Waals surface area contributed by atoms with Crippen molar-refractivity contribution in [2.45, 2.75) is 0 Å². The monoisotopic (exact) mass is 256 g/mol. The van der Waals surface area contributed by atoms with Crippen LogP contribution < -0.4 is 0 Å². The Kier molecular flexibility index (Phi) is 3.48. The van der Waals surface area contributed by atoms with Crippen molar-refractivity contribution in [3.05, 3.63) is 29.3 Å². The van der Waals surface area contributed by atoms with Crippen LogP contribution in [0.5, 0.6) is 0 Å². The lowest BCUT2D eigenvalue weighted by molar-refractivity contribution is -0.151. The van der Waals surface area contributed by atoms with Gasteiger partial charge in [-0.2, -0.15) is 5.06 Å². The largest absolute Gasteiger partial charge is 0.271 e. The summed E-state index contributed by atoms with van der Waals surface area (Å²) in [6.45, 7) is 0. The van der Waals surface area contributed by atoms with Crippen molar-refractivity contribution in [3.8, 4) is 0 Å². The van der Waals surface area contributed by atoms with Crippen LogP contribution in [0, 0.1) is 0 Å². The zero-order valence-corrected chi connectivity index (χ0v) is 10.1. The van der Waals surface area contributed by atoms with Gasteiger partial charge in [0.2, 0.25) is 0 Å². The van der Waals surface area contributed by atoms with Crippen LogP contribution in [0.1, 0.15) is 0 Å². The van der Waals surface area contributed by atoms with Crippen LogP contribution in [0.3, 0.4) is 0 Å². The quantitative estimate of drug-likeness (QED) is 0.816. The van der Waals surface area contributed by atoms with Crippen LogP contribution in [0.15, 0.2) is 29.3 Å². The van der Waals surface area contributed by atoms with E-state index in [9.17, 15) is 4.79 Å². The maximum Gasteiger partial charge on any atom is 0.263 e. The van der Waals surface area contributed by atoms with E-state index >= 15 is 0 Å². The zero-order chi connectivity index (χ0) is 11.5. The van der Waals surface area contributed by atoms with Gasteiger partial charge in [0.15, 0.2) is 5.17 Å². The second-order valence-corrected chi connectivity index (χ2v) is 4.41. The first-order chi connectivity index (χ1) is 7.70. The lowest BCUT2D eigenvalue weighted by Crippen LogP contribution is -2.27. The summed E-state index contributed by atoms with van der Waals surface area (Å²) in [5.41, 5.74) is 0.739. The Morgan fingerprint density at radius 2 is 2.12 bits per heavy atom. The van der Waals surface area contributed by atoms with E-state index in [2.05, 4.69) is 4.99 Å². The minimum atomic E-state index is -0.0970. The third-order valence-corrected chi connectivity index (χ3v) is 3.12. The summed E-state index contributed by atoms with van der Waals surface area (Å²) in [4.78, 5) is 20.6. The van der Waals surface area contributed by atoms with Crippen LogP contribution in [0.25, 0.3) is 0 Å². The summed E-state index contributed by atoms with van der Waals surface area (Å²) in [5, 5.41) is 2.40. The fraction of sp³-hybridized carbons (Fsp3) is 0.200. The number of rotatable bonds is 2. The molecule has 1 saturated heterocycles. The van der Waals surface area contributed by atoms with Crippen molar-refractivity contribution in [3.63, 3.8) is 0 Å². The summed E-state index contributed by atoms with van der Waals surface area (Å²) in [6, 6.07) is 7.07. The standard InChI is InChI=1S/C10H9ClN2O2S/c1-15-13-9(14)6-16-10(13)12-8-4-2-7(11)3-5-8/h2-5H,6H2,1H3. The van der Waals surface area contributed by atoms with Crippen LogP contribution in [-0.2, 0) is 9.63 Å². The molecule has 16 heavy (non-hydrogen) atoms. The summed E-state index contributed by atoms with van der Waals surface area (Å²) >= 11 is 7.12. The van der Waals surface area contributed by atoms with Gasteiger partial charge >= 0.3 is 0 Å². The van der Waals surface area contributed by atoms with Gasteiger partial charge in [0, 0.05) is 5.02 Å². The van der Waals surface area contributed by atoms with Crippen molar-refractivity contribution in [2.75, 3.05) is 12.9 Å². The van der Waals surface area contributed by atoms with Crippen LogP contribution in [-0.4, -0.2) is 29.0 Å². The smallest absolute Gasteiger partial charge is 0.263 e. The third-order valence-electron chi connectivity index (χ3n) is 1.96. The molecule has 4 nitrogen and oxygen atoms in total. The van der Waals surface area contributed by atoms with E-state index in [1.54, 1.807) is 24.3 Å². The molecule has 1 amide bonds. The molecule has 0 N–H and O–H groups in total. The number of amidine groups is 1. The number of hydroxylamine groups is 2. The number of benzene rings is 1. The molecule has 1 aliphatic heterocycles. The first-order valence-corrected chi connectivity index (χ1v) is 5.91. The second-order valence-electron chi connectivity index (χ2n) is 3.03. The molecule has 1 aromatic carbocycles. The number of hydrogen-bond donors (Lipinski definition) is 0. The van der Waals surface area contributed by atoms with Gasteiger partial charge < -0.3 is 0 Å². The number of amides is 1. The average Bonchev–Trinajstić information content (AvgIpc) is 2.63. The fourth-order valence-corrected chi connectivity index (χ4v) is 2.19.